The van der Waals surface area contributed by atoms with E-state index < -0.39 is 0 Å². The average molecular weight is 209 g/mol. The van der Waals surface area contributed by atoms with Crippen LogP contribution in [0.2, 0.25) is 0 Å². The lowest BCUT2D eigenvalue weighted by Gasteiger charge is -2.28. The smallest absolute Gasteiger partial charge is 0.115 e. The molecule has 76 valence electrons. The van der Waals surface area contributed by atoms with Gasteiger partial charge in [0.05, 0.1) is 0 Å². The van der Waals surface area contributed by atoms with Gasteiger partial charge in [0.15, 0.2) is 0 Å². The highest BCUT2D eigenvalue weighted by Crippen LogP contribution is 2.31. The molecule has 2 atom stereocenters. The van der Waals surface area contributed by atoms with Gasteiger partial charge in [0.2, 0.25) is 0 Å². The van der Waals surface area contributed by atoms with Crippen LogP contribution in [0.1, 0.15) is 17.9 Å². The topological polar surface area (TPSA) is 46.2 Å². The molecule has 1 fully saturated rings. The van der Waals surface area contributed by atoms with E-state index in [4.69, 9.17) is 5.73 Å². The highest BCUT2D eigenvalue weighted by Gasteiger charge is 2.23. The number of aromatic hydroxyl groups is 1. The van der Waals surface area contributed by atoms with Crippen molar-refractivity contribution in [1.82, 2.24) is 0 Å². The van der Waals surface area contributed by atoms with E-state index in [1.54, 1.807) is 6.07 Å². The molecule has 1 aromatic rings. The number of rotatable bonds is 1. The molecule has 1 heterocycles. The molecular weight excluding hydrogens is 194 g/mol. The third-order valence-corrected chi connectivity index (χ3v) is 3.84. The Hall–Kier alpha value is -0.670. The molecule has 0 radical (unpaired) electrons. The Kier molecular flexibility index (Phi) is 2.99. The highest BCUT2D eigenvalue weighted by atomic mass is 32.2. The first-order valence-electron chi connectivity index (χ1n) is 4.89. The molecule has 1 saturated heterocycles. The summed E-state index contributed by atoms with van der Waals surface area (Å²) in [6, 6.07) is 7.71. The van der Waals surface area contributed by atoms with Gasteiger partial charge in [-0.3, -0.25) is 0 Å². The van der Waals surface area contributed by atoms with E-state index in [0.29, 0.717) is 11.7 Å². The summed E-state index contributed by atoms with van der Waals surface area (Å²) in [6.07, 6.45) is 1.12. The third kappa shape index (κ3) is 2.04. The van der Waals surface area contributed by atoms with Gasteiger partial charge in [0.1, 0.15) is 5.75 Å². The predicted molar refractivity (Wildman–Crippen MR) is 60.8 cm³/mol. The van der Waals surface area contributed by atoms with Crippen LogP contribution in [0, 0.1) is 0 Å². The van der Waals surface area contributed by atoms with Crippen molar-refractivity contribution in [2.24, 2.45) is 5.73 Å². The molecule has 1 aromatic carbocycles. The first-order valence-corrected chi connectivity index (χ1v) is 6.05. The minimum Gasteiger partial charge on any atom is -0.508 e. The molecule has 3 N–H and O–H groups in total. The minimum atomic E-state index is 0.232. The number of phenolic OH excluding ortho intramolecular Hbond substituents is 1. The van der Waals surface area contributed by atoms with Crippen LogP contribution in [-0.2, 0) is 0 Å². The van der Waals surface area contributed by atoms with Gasteiger partial charge in [-0.15, -0.1) is 0 Å². The van der Waals surface area contributed by atoms with Gasteiger partial charge >= 0.3 is 0 Å². The van der Waals surface area contributed by atoms with Gasteiger partial charge in [-0.2, -0.15) is 11.8 Å². The number of phenols is 1. The molecule has 0 amide bonds. The molecule has 0 bridgehead atoms. The Morgan fingerprint density at radius 2 is 2.29 bits per heavy atom. The van der Waals surface area contributed by atoms with E-state index in [-0.39, 0.29) is 6.04 Å². The molecule has 0 aromatic heterocycles. The normalized spacial score (nSPS) is 27.5. The van der Waals surface area contributed by atoms with Gasteiger partial charge in [0, 0.05) is 17.7 Å². The fourth-order valence-corrected chi connectivity index (χ4v) is 3.02. The summed E-state index contributed by atoms with van der Waals surface area (Å²) in [5, 5.41) is 9.38. The molecule has 0 spiro atoms. The summed E-state index contributed by atoms with van der Waals surface area (Å²) in [6.45, 7) is 0. The van der Waals surface area contributed by atoms with E-state index in [1.165, 1.54) is 11.3 Å². The summed E-state index contributed by atoms with van der Waals surface area (Å²) in [4.78, 5) is 0. The monoisotopic (exact) mass is 209 g/mol. The lowest BCUT2D eigenvalue weighted by atomic mass is 9.90. The molecule has 1 aliphatic rings. The van der Waals surface area contributed by atoms with Crippen molar-refractivity contribution in [3.05, 3.63) is 29.8 Å². The van der Waals surface area contributed by atoms with Gasteiger partial charge in [-0.25, -0.2) is 0 Å². The number of thioether (sulfide) groups is 1. The fraction of sp³-hybridized carbons (Fsp3) is 0.455. The second-order valence-electron chi connectivity index (χ2n) is 3.73. The lowest BCUT2D eigenvalue weighted by molar-refractivity contribution is 0.471. The molecule has 3 heteroatoms. The maximum absolute atomic E-state index is 9.38. The van der Waals surface area contributed by atoms with Crippen molar-refractivity contribution in [3.63, 3.8) is 0 Å². The van der Waals surface area contributed by atoms with Gasteiger partial charge in [0.25, 0.3) is 0 Å². The maximum atomic E-state index is 9.38. The molecule has 2 unspecified atom stereocenters. The van der Waals surface area contributed by atoms with Gasteiger partial charge < -0.3 is 10.8 Å². The first kappa shape index (κ1) is 9.87. The maximum Gasteiger partial charge on any atom is 0.115 e. The summed E-state index contributed by atoms with van der Waals surface area (Å²) in [5.74, 6) is 2.96. The zero-order chi connectivity index (χ0) is 9.97. The van der Waals surface area contributed by atoms with Crippen molar-refractivity contribution in [3.8, 4) is 5.75 Å². The summed E-state index contributed by atoms with van der Waals surface area (Å²) in [5.41, 5.74) is 7.24. The van der Waals surface area contributed by atoms with E-state index in [0.717, 1.165) is 12.2 Å². The van der Waals surface area contributed by atoms with Crippen molar-refractivity contribution in [2.45, 2.75) is 18.4 Å². The van der Waals surface area contributed by atoms with Crippen molar-refractivity contribution in [1.29, 1.82) is 0 Å². The zero-order valence-corrected chi connectivity index (χ0v) is 8.83. The van der Waals surface area contributed by atoms with Crippen LogP contribution in [0.3, 0.4) is 0 Å². The fourth-order valence-electron chi connectivity index (χ4n) is 1.93. The quantitative estimate of drug-likeness (QED) is 0.743. The van der Waals surface area contributed by atoms with Crippen molar-refractivity contribution >= 4 is 11.8 Å². The van der Waals surface area contributed by atoms with Gasteiger partial charge in [-0.05, 0) is 29.9 Å². The van der Waals surface area contributed by atoms with E-state index in [9.17, 15) is 5.11 Å². The van der Waals surface area contributed by atoms with Crippen LogP contribution >= 0.6 is 11.8 Å². The average Bonchev–Trinajstić information content (AvgIpc) is 2.18. The van der Waals surface area contributed by atoms with Crippen LogP contribution in [0.5, 0.6) is 5.75 Å². The third-order valence-electron chi connectivity index (χ3n) is 2.70. The molecule has 0 aliphatic carbocycles. The Balaban J connectivity index is 2.20. The second-order valence-corrected chi connectivity index (χ2v) is 4.88. The van der Waals surface area contributed by atoms with Crippen LogP contribution in [0.4, 0.5) is 0 Å². The Morgan fingerprint density at radius 1 is 1.43 bits per heavy atom. The standard InChI is InChI=1S/C11H15NOS/c12-11-7-14-5-4-10(11)8-2-1-3-9(13)6-8/h1-3,6,10-11,13H,4-5,7,12H2. The van der Waals surface area contributed by atoms with E-state index in [2.05, 4.69) is 6.07 Å². The first-order chi connectivity index (χ1) is 6.77. The minimum absolute atomic E-state index is 0.232. The second kappa shape index (κ2) is 4.24. The molecule has 1 aliphatic heterocycles. The van der Waals surface area contributed by atoms with Crippen molar-refractivity contribution in [2.75, 3.05) is 11.5 Å². The predicted octanol–water partition coefficient (Wildman–Crippen LogP) is 1.94. The van der Waals surface area contributed by atoms with Crippen LogP contribution in [0.15, 0.2) is 24.3 Å². The number of nitrogens with two attached hydrogens (primary N) is 1. The Morgan fingerprint density at radius 3 is 3.00 bits per heavy atom. The highest BCUT2D eigenvalue weighted by molar-refractivity contribution is 7.99. The lowest BCUT2D eigenvalue weighted by Crippen LogP contribution is -2.34. The van der Waals surface area contributed by atoms with Gasteiger partial charge in [-0.1, -0.05) is 12.1 Å². The number of benzene rings is 1. The van der Waals surface area contributed by atoms with Crippen LogP contribution < -0.4 is 5.73 Å². The van der Waals surface area contributed by atoms with Crippen LogP contribution in [-0.4, -0.2) is 22.7 Å². The Labute approximate surface area is 88.5 Å². The van der Waals surface area contributed by atoms with Crippen molar-refractivity contribution < 1.29 is 5.11 Å². The summed E-state index contributed by atoms with van der Waals surface area (Å²) in [7, 11) is 0. The molecule has 2 rings (SSSR count). The molecular formula is C11H15NOS. The molecule has 2 nitrogen and oxygen atoms in total. The molecule has 0 saturated carbocycles. The summed E-state index contributed by atoms with van der Waals surface area (Å²) >= 11 is 1.92. The summed E-state index contributed by atoms with van der Waals surface area (Å²) < 4.78 is 0. The number of hydrogen-bond acceptors (Lipinski definition) is 3. The Bertz CT molecular complexity index is 316. The largest absolute Gasteiger partial charge is 0.508 e. The molecule has 14 heavy (non-hydrogen) atoms. The van der Waals surface area contributed by atoms with E-state index >= 15 is 0 Å². The zero-order valence-electron chi connectivity index (χ0n) is 8.02. The van der Waals surface area contributed by atoms with Crippen LogP contribution in [0.25, 0.3) is 0 Å². The van der Waals surface area contributed by atoms with E-state index in [1.807, 2.05) is 23.9 Å². The number of hydrogen-bond donors (Lipinski definition) is 2. The SMILES string of the molecule is NC1CSCCC1c1cccc(O)c1.